The Labute approximate surface area is 93.0 Å². The number of H-pyrrole nitrogens is 1. The molecule has 2 aromatic rings. The first kappa shape index (κ1) is 8.98. The molecule has 0 radical (unpaired) electrons. The Morgan fingerprint density at radius 3 is 3.13 bits per heavy atom. The average molecular weight is 219 g/mol. The van der Waals surface area contributed by atoms with Crippen LogP contribution in [0.3, 0.4) is 0 Å². The molecule has 0 saturated heterocycles. The molecule has 0 saturated carbocycles. The third-order valence-corrected chi connectivity index (χ3v) is 3.41. The van der Waals surface area contributed by atoms with Crippen molar-refractivity contribution in [1.82, 2.24) is 9.97 Å². The van der Waals surface area contributed by atoms with Crippen LogP contribution in [-0.4, -0.2) is 9.97 Å². The Kier molecular flexibility index (Phi) is 2.03. The third kappa shape index (κ3) is 1.37. The number of halogens is 1. The van der Waals surface area contributed by atoms with Crippen molar-refractivity contribution in [2.75, 3.05) is 0 Å². The summed E-state index contributed by atoms with van der Waals surface area (Å²) in [6.45, 7) is 0. The summed E-state index contributed by atoms with van der Waals surface area (Å²) >= 11 is 6.21. The summed E-state index contributed by atoms with van der Waals surface area (Å²) in [4.78, 5) is 7.40. The topological polar surface area (TPSA) is 28.7 Å². The van der Waals surface area contributed by atoms with Gasteiger partial charge in [0.25, 0.3) is 0 Å². The van der Waals surface area contributed by atoms with Crippen LogP contribution in [0.1, 0.15) is 24.3 Å². The van der Waals surface area contributed by atoms with Gasteiger partial charge in [-0.2, -0.15) is 0 Å². The summed E-state index contributed by atoms with van der Waals surface area (Å²) in [5, 5.41) is 2.17. The van der Waals surface area contributed by atoms with Gasteiger partial charge in [0.2, 0.25) is 0 Å². The molecule has 0 aromatic carbocycles. The van der Waals surface area contributed by atoms with Crippen LogP contribution >= 0.6 is 11.6 Å². The molecule has 1 N–H and O–H groups in total. The molecule has 3 heteroatoms. The molecule has 0 amide bonds. The van der Waals surface area contributed by atoms with E-state index in [1.54, 1.807) is 0 Å². The lowest BCUT2D eigenvalue weighted by Crippen LogP contribution is -1.95. The van der Waals surface area contributed by atoms with E-state index in [4.69, 9.17) is 11.6 Å². The summed E-state index contributed by atoms with van der Waals surface area (Å²) in [5.74, 6) is 0.368. The van der Waals surface area contributed by atoms with Gasteiger partial charge in [-0.05, 0) is 30.5 Å². The van der Waals surface area contributed by atoms with E-state index in [0.29, 0.717) is 5.92 Å². The van der Waals surface area contributed by atoms with E-state index in [-0.39, 0.29) is 0 Å². The number of nitrogens with zero attached hydrogens (tertiary/aromatic N) is 1. The van der Waals surface area contributed by atoms with Gasteiger partial charge in [-0.3, -0.25) is 0 Å². The van der Waals surface area contributed by atoms with Gasteiger partial charge in [-0.1, -0.05) is 17.7 Å². The molecule has 0 aliphatic heterocycles. The molecule has 2 nitrogen and oxygen atoms in total. The molecule has 15 heavy (non-hydrogen) atoms. The first-order chi connectivity index (χ1) is 7.36. The molecule has 2 heterocycles. The van der Waals surface area contributed by atoms with Crippen molar-refractivity contribution in [3.05, 3.63) is 41.2 Å². The van der Waals surface area contributed by atoms with Crippen molar-refractivity contribution in [3.63, 3.8) is 0 Å². The average Bonchev–Trinajstić information content (AvgIpc) is 2.85. The van der Waals surface area contributed by atoms with Gasteiger partial charge in [0, 0.05) is 28.7 Å². The van der Waals surface area contributed by atoms with E-state index in [1.165, 1.54) is 10.9 Å². The summed E-state index contributed by atoms with van der Waals surface area (Å²) in [6.07, 6.45) is 8.08. The summed E-state index contributed by atoms with van der Waals surface area (Å²) in [5.41, 5.74) is 2.24. The smallest absolute Gasteiger partial charge is 0.137 e. The van der Waals surface area contributed by atoms with Crippen molar-refractivity contribution < 1.29 is 0 Å². The molecular formula is C12H11ClN2. The van der Waals surface area contributed by atoms with Gasteiger partial charge in [-0.25, -0.2) is 4.98 Å². The number of fused-ring (bicyclic) bond motifs is 1. The van der Waals surface area contributed by atoms with Crippen LogP contribution in [0.5, 0.6) is 0 Å². The van der Waals surface area contributed by atoms with Crippen LogP contribution in [-0.2, 0) is 0 Å². The van der Waals surface area contributed by atoms with Gasteiger partial charge < -0.3 is 4.98 Å². The number of aromatic amines is 1. The van der Waals surface area contributed by atoms with Gasteiger partial charge in [-0.15, -0.1) is 0 Å². The fourth-order valence-corrected chi connectivity index (χ4v) is 2.59. The van der Waals surface area contributed by atoms with E-state index in [9.17, 15) is 0 Å². The van der Waals surface area contributed by atoms with Gasteiger partial charge in [0.1, 0.15) is 5.65 Å². The lowest BCUT2D eigenvalue weighted by atomic mass is 9.97. The number of pyridine rings is 1. The molecule has 1 atom stereocenters. The Bertz CT molecular complexity index is 527. The van der Waals surface area contributed by atoms with Crippen LogP contribution in [0.4, 0.5) is 0 Å². The van der Waals surface area contributed by atoms with Crippen molar-refractivity contribution in [2.45, 2.75) is 18.8 Å². The zero-order valence-electron chi connectivity index (χ0n) is 8.20. The number of nitrogens with one attached hydrogen (secondary N) is 1. The fourth-order valence-electron chi connectivity index (χ4n) is 2.26. The second kappa shape index (κ2) is 3.38. The number of allylic oxidation sites excluding steroid dienone is 2. The first-order valence-electron chi connectivity index (χ1n) is 5.14. The molecule has 1 aliphatic carbocycles. The lowest BCUT2D eigenvalue weighted by Gasteiger charge is -2.11. The molecule has 76 valence electrons. The molecule has 0 bridgehead atoms. The number of hydrogen-bond acceptors (Lipinski definition) is 1. The number of hydrogen-bond donors (Lipinski definition) is 1. The van der Waals surface area contributed by atoms with Crippen molar-refractivity contribution in [1.29, 1.82) is 0 Å². The van der Waals surface area contributed by atoms with Crippen LogP contribution in [0.2, 0.25) is 0 Å². The fraction of sp³-hybridized carbons (Fsp3) is 0.250. The Hall–Kier alpha value is -1.28. The molecule has 0 fully saturated rings. The Morgan fingerprint density at radius 2 is 2.33 bits per heavy atom. The highest BCUT2D eigenvalue weighted by atomic mass is 35.5. The van der Waals surface area contributed by atoms with Crippen LogP contribution in [0, 0.1) is 0 Å². The first-order valence-corrected chi connectivity index (χ1v) is 5.51. The predicted octanol–water partition coefficient (Wildman–Crippen LogP) is 3.56. The van der Waals surface area contributed by atoms with E-state index in [0.717, 1.165) is 23.5 Å². The highest BCUT2D eigenvalue weighted by molar-refractivity contribution is 6.30. The second-order valence-electron chi connectivity index (χ2n) is 3.86. The van der Waals surface area contributed by atoms with E-state index in [1.807, 2.05) is 12.4 Å². The monoisotopic (exact) mass is 218 g/mol. The molecule has 2 aromatic heterocycles. The van der Waals surface area contributed by atoms with E-state index in [2.05, 4.69) is 28.2 Å². The molecular weight excluding hydrogens is 208 g/mol. The van der Waals surface area contributed by atoms with Crippen molar-refractivity contribution in [2.24, 2.45) is 0 Å². The standard InChI is InChI=1S/C12H11ClN2/c13-11-3-1-2-9(11)8-4-6-14-12-10(8)5-7-15-12/h3-7,9H,1-2H2,(H,14,15). The third-order valence-electron chi connectivity index (χ3n) is 3.00. The highest BCUT2D eigenvalue weighted by Crippen LogP contribution is 2.39. The number of rotatable bonds is 1. The molecule has 1 unspecified atom stereocenters. The van der Waals surface area contributed by atoms with Crippen LogP contribution in [0.15, 0.2) is 35.6 Å². The maximum Gasteiger partial charge on any atom is 0.137 e. The Morgan fingerprint density at radius 1 is 1.40 bits per heavy atom. The minimum atomic E-state index is 0.368. The van der Waals surface area contributed by atoms with Crippen LogP contribution in [0.25, 0.3) is 11.0 Å². The van der Waals surface area contributed by atoms with Gasteiger partial charge in [0.05, 0.1) is 0 Å². The zero-order valence-corrected chi connectivity index (χ0v) is 8.96. The molecule has 0 spiro atoms. The minimum Gasteiger partial charge on any atom is -0.346 e. The SMILES string of the molecule is ClC1=CCCC1c1ccnc2[nH]ccc12. The normalized spacial score (nSPS) is 20.9. The maximum atomic E-state index is 6.21. The van der Waals surface area contributed by atoms with E-state index >= 15 is 0 Å². The van der Waals surface area contributed by atoms with Crippen molar-refractivity contribution in [3.8, 4) is 0 Å². The number of aromatic nitrogens is 2. The summed E-state index contributed by atoms with van der Waals surface area (Å²) in [6, 6.07) is 4.14. The Balaban J connectivity index is 2.18. The van der Waals surface area contributed by atoms with Gasteiger partial charge in [0.15, 0.2) is 0 Å². The quantitative estimate of drug-likeness (QED) is 0.779. The highest BCUT2D eigenvalue weighted by Gasteiger charge is 2.21. The summed E-state index contributed by atoms with van der Waals surface area (Å²) < 4.78 is 0. The minimum absolute atomic E-state index is 0.368. The molecule has 3 rings (SSSR count). The predicted molar refractivity (Wildman–Crippen MR) is 62.0 cm³/mol. The van der Waals surface area contributed by atoms with E-state index < -0.39 is 0 Å². The zero-order chi connectivity index (χ0) is 10.3. The van der Waals surface area contributed by atoms with Gasteiger partial charge >= 0.3 is 0 Å². The second-order valence-corrected chi connectivity index (χ2v) is 4.30. The largest absolute Gasteiger partial charge is 0.346 e. The summed E-state index contributed by atoms with van der Waals surface area (Å²) in [7, 11) is 0. The maximum absolute atomic E-state index is 6.21. The van der Waals surface area contributed by atoms with Crippen LogP contribution < -0.4 is 0 Å². The lowest BCUT2D eigenvalue weighted by molar-refractivity contribution is 0.798. The van der Waals surface area contributed by atoms with Crippen molar-refractivity contribution >= 4 is 22.6 Å². The molecule has 1 aliphatic rings.